The van der Waals surface area contributed by atoms with E-state index >= 15 is 0 Å². The summed E-state index contributed by atoms with van der Waals surface area (Å²) in [5.41, 5.74) is 5.58. The number of β-amino-alcohol motifs (C(OH)–C–C–N with tert-alkyl or cyclic N) is 1. The lowest BCUT2D eigenvalue weighted by atomic mass is 10.2. The fraction of sp³-hybridized carbons (Fsp3) is 1.00. The molecule has 4 nitrogen and oxygen atoms in total. The Hall–Kier alpha value is -0.160. The molecule has 0 aromatic heterocycles. The van der Waals surface area contributed by atoms with Gasteiger partial charge in [0.05, 0.1) is 6.61 Å². The van der Waals surface area contributed by atoms with E-state index in [0.717, 1.165) is 39.1 Å². The summed E-state index contributed by atoms with van der Waals surface area (Å²) in [6.45, 7) is 8.61. The highest BCUT2D eigenvalue weighted by molar-refractivity contribution is 4.74. The molecule has 0 bridgehead atoms. The molecule has 1 saturated heterocycles. The minimum atomic E-state index is 0.276. The van der Waals surface area contributed by atoms with Crippen LogP contribution in [0.25, 0.3) is 0 Å². The van der Waals surface area contributed by atoms with E-state index in [0.29, 0.717) is 6.04 Å². The number of aliphatic hydroxyl groups excluding tert-OH is 1. The maximum Gasteiger partial charge on any atom is 0.0558 e. The van der Waals surface area contributed by atoms with Gasteiger partial charge in [-0.15, -0.1) is 0 Å². The van der Waals surface area contributed by atoms with Crippen LogP contribution in [0.2, 0.25) is 0 Å². The Labute approximate surface area is 93.0 Å². The van der Waals surface area contributed by atoms with Crippen LogP contribution < -0.4 is 5.73 Å². The first-order valence-corrected chi connectivity index (χ1v) is 6.05. The highest BCUT2D eigenvalue weighted by atomic mass is 16.3. The minimum Gasteiger partial charge on any atom is -0.395 e. The van der Waals surface area contributed by atoms with Crippen molar-refractivity contribution in [3.05, 3.63) is 0 Å². The molecule has 1 atom stereocenters. The van der Waals surface area contributed by atoms with E-state index < -0.39 is 0 Å². The highest BCUT2D eigenvalue weighted by Gasteiger charge is 2.17. The van der Waals surface area contributed by atoms with Gasteiger partial charge in [0.1, 0.15) is 0 Å². The molecule has 0 aromatic carbocycles. The van der Waals surface area contributed by atoms with Crippen LogP contribution in [0.1, 0.15) is 19.8 Å². The second kappa shape index (κ2) is 7.17. The predicted octanol–water partition coefficient (Wildman–Crippen LogP) is -0.276. The number of aliphatic hydroxyl groups is 1. The van der Waals surface area contributed by atoms with E-state index in [1.54, 1.807) is 0 Å². The summed E-state index contributed by atoms with van der Waals surface area (Å²) in [5, 5.41) is 8.90. The summed E-state index contributed by atoms with van der Waals surface area (Å²) in [6.07, 6.45) is 2.29. The second-order valence-corrected chi connectivity index (χ2v) is 4.38. The van der Waals surface area contributed by atoms with E-state index in [4.69, 9.17) is 10.8 Å². The van der Waals surface area contributed by atoms with E-state index in [1.165, 1.54) is 13.0 Å². The Kier molecular flexibility index (Phi) is 6.17. The summed E-state index contributed by atoms with van der Waals surface area (Å²) >= 11 is 0. The van der Waals surface area contributed by atoms with E-state index in [9.17, 15) is 0 Å². The third-order valence-corrected chi connectivity index (χ3v) is 3.25. The number of hydrogen-bond donors (Lipinski definition) is 2. The first-order valence-electron chi connectivity index (χ1n) is 6.05. The van der Waals surface area contributed by atoms with Crippen molar-refractivity contribution >= 4 is 0 Å². The zero-order valence-electron chi connectivity index (χ0n) is 9.86. The van der Waals surface area contributed by atoms with E-state index in [2.05, 4.69) is 16.7 Å². The van der Waals surface area contributed by atoms with Gasteiger partial charge in [0.2, 0.25) is 0 Å². The van der Waals surface area contributed by atoms with Crippen molar-refractivity contribution in [2.24, 2.45) is 5.73 Å². The molecule has 1 rings (SSSR count). The largest absolute Gasteiger partial charge is 0.395 e. The number of hydrogen-bond acceptors (Lipinski definition) is 4. The maximum absolute atomic E-state index is 8.90. The predicted molar refractivity (Wildman–Crippen MR) is 62.8 cm³/mol. The molecule has 0 aromatic rings. The van der Waals surface area contributed by atoms with Gasteiger partial charge in [-0.3, -0.25) is 9.80 Å². The van der Waals surface area contributed by atoms with E-state index in [-0.39, 0.29) is 6.61 Å². The molecule has 0 aliphatic carbocycles. The average Bonchev–Trinajstić information content (AvgIpc) is 2.44. The molecule has 1 unspecified atom stereocenters. The summed E-state index contributed by atoms with van der Waals surface area (Å²) in [5.74, 6) is 0. The molecule has 1 fully saturated rings. The van der Waals surface area contributed by atoms with Crippen molar-refractivity contribution in [1.29, 1.82) is 0 Å². The first kappa shape index (κ1) is 12.9. The molecule has 0 radical (unpaired) electrons. The SMILES string of the molecule is CC(CCN)N1CCCN(CCO)CC1. The third-order valence-electron chi connectivity index (χ3n) is 3.25. The standard InChI is InChI=1S/C11H25N3O/c1-11(3-4-12)14-6-2-5-13(7-8-14)9-10-15/h11,15H,2-10,12H2,1H3. The normalized spacial score (nSPS) is 22.6. The van der Waals surface area contributed by atoms with Crippen molar-refractivity contribution in [1.82, 2.24) is 9.80 Å². The summed E-state index contributed by atoms with van der Waals surface area (Å²) in [7, 11) is 0. The van der Waals surface area contributed by atoms with Crippen LogP contribution in [-0.2, 0) is 0 Å². The van der Waals surface area contributed by atoms with Crippen molar-refractivity contribution in [3.63, 3.8) is 0 Å². The van der Waals surface area contributed by atoms with Gasteiger partial charge in [0.25, 0.3) is 0 Å². The Morgan fingerprint density at radius 1 is 1.27 bits per heavy atom. The monoisotopic (exact) mass is 215 g/mol. The van der Waals surface area contributed by atoms with Crippen LogP contribution in [0.3, 0.4) is 0 Å². The van der Waals surface area contributed by atoms with Crippen LogP contribution >= 0.6 is 0 Å². The topological polar surface area (TPSA) is 52.7 Å². The average molecular weight is 215 g/mol. The fourth-order valence-electron chi connectivity index (χ4n) is 2.22. The van der Waals surface area contributed by atoms with Crippen LogP contribution in [0.15, 0.2) is 0 Å². The van der Waals surface area contributed by atoms with Gasteiger partial charge in [0.15, 0.2) is 0 Å². The van der Waals surface area contributed by atoms with Gasteiger partial charge < -0.3 is 10.8 Å². The lowest BCUT2D eigenvalue weighted by Crippen LogP contribution is -2.38. The lowest BCUT2D eigenvalue weighted by Gasteiger charge is -2.27. The van der Waals surface area contributed by atoms with Crippen LogP contribution in [-0.4, -0.2) is 66.8 Å². The number of rotatable bonds is 5. The molecule has 0 amide bonds. The Bertz CT molecular complexity index is 166. The van der Waals surface area contributed by atoms with Crippen molar-refractivity contribution < 1.29 is 5.11 Å². The van der Waals surface area contributed by atoms with Gasteiger partial charge in [-0.05, 0) is 39.4 Å². The molecule has 1 aliphatic rings. The molecular formula is C11H25N3O. The van der Waals surface area contributed by atoms with Crippen LogP contribution in [0.5, 0.6) is 0 Å². The number of nitrogens with two attached hydrogens (primary N) is 1. The zero-order chi connectivity index (χ0) is 11.1. The van der Waals surface area contributed by atoms with Gasteiger partial charge in [-0.1, -0.05) is 0 Å². The van der Waals surface area contributed by atoms with Crippen LogP contribution in [0, 0.1) is 0 Å². The third kappa shape index (κ3) is 4.47. The van der Waals surface area contributed by atoms with Gasteiger partial charge in [-0.25, -0.2) is 0 Å². The Morgan fingerprint density at radius 2 is 2.07 bits per heavy atom. The number of nitrogens with zero attached hydrogens (tertiary/aromatic N) is 2. The van der Waals surface area contributed by atoms with Gasteiger partial charge >= 0.3 is 0 Å². The lowest BCUT2D eigenvalue weighted by molar-refractivity contribution is 0.182. The van der Waals surface area contributed by atoms with Crippen molar-refractivity contribution in [3.8, 4) is 0 Å². The molecular weight excluding hydrogens is 190 g/mol. The summed E-state index contributed by atoms with van der Waals surface area (Å²) < 4.78 is 0. The molecule has 15 heavy (non-hydrogen) atoms. The molecule has 90 valence electrons. The summed E-state index contributed by atoms with van der Waals surface area (Å²) in [6, 6.07) is 0.601. The maximum atomic E-state index is 8.90. The van der Waals surface area contributed by atoms with E-state index in [1.807, 2.05) is 0 Å². The van der Waals surface area contributed by atoms with Gasteiger partial charge in [-0.2, -0.15) is 0 Å². The fourth-order valence-corrected chi connectivity index (χ4v) is 2.22. The molecule has 0 spiro atoms. The molecule has 3 N–H and O–H groups in total. The molecule has 0 saturated carbocycles. The molecule has 1 aliphatic heterocycles. The van der Waals surface area contributed by atoms with Gasteiger partial charge in [0, 0.05) is 25.7 Å². The molecule has 1 heterocycles. The summed E-state index contributed by atoms with van der Waals surface area (Å²) in [4.78, 5) is 4.86. The second-order valence-electron chi connectivity index (χ2n) is 4.38. The van der Waals surface area contributed by atoms with Crippen LogP contribution in [0.4, 0.5) is 0 Å². The highest BCUT2D eigenvalue weighted by Crippen LogP contribution is 2.08. The Morgan fingerprint density at radius 3 is 2.73 bits per heavy atom. The first-order chi connectivity index (χ1) is 7.27. The molecule has 4 heteroatoms. The smallest absolute Gasteiger partial charge is 0.0558 e. The Balaban J connectivity index is 2.31. The quantitative estimate of drug-likeness (QED) is 0.662. The van der Waals surface area contributed by atoms with Crippen molar-refractivity contribution in [2.75, 3.05) is 45.9 Å². The van der Waals surface area contributed by atoms with Crippen molar-refractivity contribution in [2.45, 2.75) is 25.8 Å². The zero-order valence-corrected chi connectivity index (χ0v) is 9.86. The minimum absolute atomic E-state index is 0.276.